The minimum Gasteiger partial charge on any atom is -0.378 e. The van der Waals surface area contributed by atoms with E-state index in [4.69, 9.17) is 4.74 Å². The number of rotatable bonds is 4. The summed E-state index contributed by atoms with van der Waals surface area (Å²) in [5.74, 6) is 1.36. The molecule has 1 aliphatic rings. The average molecular weight is 213 g/mol. The molecule has 0 amide bonds. The van der Waals surface area contributed by atoms with E-state index in [2.05, 4.69) is 39.9 Å². The molecule has 0 radical (unpaired) electrons. The molecule has 2 nitrogen and oxygen atoms in total. The van der Waals surface area contributed by atoms with Crippen LogP contribution in [-0.2, 0) is 4.74 Å². The lowest BCUT2D eigenvalue weighted by Crippen LogP contribution is -2.35. The molecule has 2 heteroatoms. The van der Waals surface area contributed by atoms with Crippen molar-refractivity contribution in [2.75, 3.05) is 19.7 Å². The van der Waals surface area contributed by atoms with Crippen LogP contribution in [0.5, 0.6) is 0 Å². The van der Waals surface area contributed by atoms with Crippen LogP contribution in [-0.4, -0.2) is 25.8 Å². The third-order valence-corrected chi connectivity index (χ3v) is 2.98. The summed E-state index contributed by atoms with van der Waals surface area (Å²) >= 11 is 0. The maximum Gasteiger partial charge on any atom is 0.0639 e. The molecule has 2 unspecified atom stereocenters. The Balaban J connectivity index is 2.26. The minimum absolute atomic E-state index is 0.382. The molecule has 1 fully saturated rings. The van der Waals surface area contributed by atoms with Gasteiger partial charge in [-0.25, -0.2) is 0 Å². The van der Waals surface area contributed by atoms with Gasteiger partial charge < -0.3 is 10.1 Å². The van der Waals surface area contributed by atoms with Crippen LogP contribution in [0.2, 0.25) is 0 Å². The molecule has 1 saturated heterocycles. The van der Waals surface area contributed by atoms with Crippen molar-refractivity contribution in [2.24, 2.45) is 17.3 Å². The first-order chi connectivity index (χ1) is 6.90. The maximum atomic E-state index is 5.77. The quantitative estimate of drug-likeness (QED) is 0.775. The number of hydrogen-bond acceptors (Lipinski definition) is 2. The highest BCUT2D eigenvalue weighted by Gasteiger charge is 2.30. The second-order valence-electron chi connectivity index (χ2n) is 6.32. The van der Waals surface area contributed by atoms with Gasteiger partial charge in [-0.05, 0) is 23.7 Å². The molecule has 1 N–H and O–H groups in total. The monoisotopic (exact) mass is 213 g/mol. The Bertz CT molecular complexity index is 183. The van der Waals surface area contributed by atoms with Crippen LogP contribution in [0.4, 0.5) is 0 Å². The molecular formula is C13H27NO. The fourth-order valence-electron chi connectivity index (χ4n) is 2.24. The topological polar surface area (TPSA) is 21.3 Å². The molecule has 2 atom stereocenters. The van der Waals surface area contributed by atoms with Gasteiger partial charge in [-0.3, -0.25) is 0 Å². The van der Waals surface area contributed by atoms with Gasteiger partial charge in [-0.2, -0.15) is 0 Å². The fourth-order valence-corrected chi connectivity index (χ4v) is 2.24. The summed E-state index contributed by atoms with van der Waals surface area (Å²) in [6, 6.07) is 0. The second kappa shape index (κ2) is 5.31. The summed E-state index contributed by atoms with van der Waals surface area (Å²) in [6.07, 6.45) is 1.69. The molecule has 90 valence electrons. The van der Waals surface area contributed by atoms with Crippen LogP contribution in [0.15, 0.2) is 0 Å². The molecule has 0 aromatic rings. The van der Waals surface area contributed by atoms with Gasteiger partial charge in [0.25, 0.3) is 0 Å². The Morgan fingerprint density at radius 3 is 2.53 bits per heavy atom. The first-order valence-corrected chi connectivity index (χ1v) is 6.22. The van der Waals surface area contributed by atoms with E-state index in [-0.39, 0.29) is 0 Å². The largest absolute Gasteiger partial charge is 0.378 e. The van der Waals surface area contributed by atoms with Gasteiger partial charge in [0, 0.05) is 19.7 Å². The summed E-state index contributed by atoms with van der Waals surface area (Å²) in [5.41, 5.74) is 0.382. The van der Waals surface area contributed by atoms with E-state index >= 15 is 0 Å². The highest BCUT2D eigenvalue weighted by atomic mass is 16.5. The van der Waals surface area contributed by atoms with E-state index in [0.717, 1.165) is 19.7 Å². The molecule has 0 aromatic heterocycles. The number of nitrogens with one attached hydrogen (secondary N) is 1. The van der Waals surface area contributed by atoms with Crippen LogP contribution in [0.1, 0.15) is 41.0 Å². The first-order valence-electron chi connectivity index (χ1n) is 6.22. The molecule has 15 heavy (non-hydrogen) atoms. The lowest BCUT2D eigenvalue weighted by Gasteiger charge is -2.25. The predicted molar refractivity (Wildman–Crippen MR) is 65.0 cm³/mol. The molecule has 0 spiro atoms. The van der Waals surface area contributed by atoms with Gasteiger partial charge in [0.05, 0.1) is 6.10 Å². The van der Waals surface area contributed by atoms with E-state index in [0.29, 0.717) is 23.4 Å². The Labute approximate surface area is 94.8 Å². The summed E-state index contributed by atoms with van der Waals surface area (Å²) in [5, 5.41) is 3.57. The normalized spacial score (nSPS) is 27.6. The smallest absolute Gasteiger partial charge is 0.0639 e. The Morgan fingerprint density at radius 1 is 1.33 bits per heavy atom. The Morgan fingerprint density at radius 2 is 2.00 bits per heavy atom. The van der Waals surface area contributed by atoms with Crippen molar-refractivity contribution in [2.45, 2.75) is 47.1 Å². The van der Waals surface area contributed by atoms with Gasteiger partial charge in [-0.15, -0.1) is 0 Å². The third kappa shape index (κ3) is 4.52. The van der Waals surface area contributed by atoms with Crippen molar-refractivity contribution in [1.29, 1.82) is 0 Å². The van der Waals surface area contributed by atoms with Crippen LogP contribution in [0.25, 0.3) is 0 Å². The van der Waals surface area contributed by atoms with Gasteiger partial charge in [0.15, 0.2) is 0 Å². The Hall–Kier alpha value is -0.0800. The second-order valence-corrected chi connectivity index (χ2v) is 6.32. The van der Waals surface area contributed by atoms with E-state index in [1.807, 2.05) is 0 Å². The van der Waals surface area contributed by atoms with Gasteiger partial charge >= 0.3 is 0 Å². The Kier molecular flexibility index (Phi) is 4.60. The number of hydrogen-bond donors (Lipinski definition) is 1. The van der Waals surface area contributed by atoms with Crippen molar-refractivity contribution < 1.29 is 4.74 Å². The summed E-state index contributed by atoms with van der Waals surface area (Å²) in [4.78, 5) is 0. The third-order valence-electron chi connectivity index (χ3n) is 2.98. The van der Waals surface area contributed by atoms with E-state index in [1.54, 1.807) is 0 Å². The summed E-state index contributed by atoms with van der Waals surface area (Å²) in [6.45, 7) is 14.5. The maximum absolute atomic E-state index is 5.77. The summed E-state index contributed by atoms with van der Waals surface area (Å²) < 4.78 is 5.77. The molecule has 0 aliphatic carbocycles. The van der Waals surface area contributed by atoms with E-state index in [9.17, 15) is 0 Å². The zero-order valence-electron chi connectivity index (χ0n) is 11.0. The van der Waals surface area contributed by atoms with Gasteiger partial charge in [0.2, 0.25) is 0 Å². The molecule has 0 saturated carbocycles. The van der Waals surface area contributed by atoms with Crippen LogP contribution in [0.3, 0.4) is 0 Å². The molecular weight excluding hydrogens is 186 g/mol. The molecule has 0 aromatic carbocycles. The highest BCUT2D eigenvalue weighted by Crippen LogP contribution is 2.26. The lowest BCUT2D eigenvalue weighted by atomic mass is 9.92. The predicted octanol–water partition coefficient (Wildman–Crippen LogP) is 2.68. The van der Waals surface area contributed by atoms with Crippen molar-refractivity contribution in [3.05, 3.63) is 0 Å². The first kappa shape index (κ1) is 13.0. The van der Waals surface area contributed by atoms with Crippen molar-refractivity contribution in [3.63, 3.8) is 0 Å². The number of ether oxygens (including phenoxy) is 1. The standard InChI is InChI=1S/C13H27NO/c1-10(2)12-11(6-7-15-12)8-14-9-13(3,4)5/h10-12,14H,6-9H2,1-5H3. The van der Waals surface area contributed by atoms with Gasteiger partial charge in [-0.1, -0.05) is 34.6 Å². The minimum atomic E-state index is 0.382. The molecule has 1 heterocycles. The van der Waals surface area contributed by atoms with E-state index < -0.39 is 0 Å². The summed E-state index contributed by atoms with van der Waals surface area (Å²) in [7, 11) is 0. The van der Waals surface area contributed by atoms with Gasteiger partial charge in [0.1, 0.15) is 0 Å². The zero-order chi connectivity index (χ0) is 11.5. The SMILES string of the molecule is CC(C)C1OCCC1CNCC(C)(C)C. The van der Waals surface area contributed by atoms with Crippen LogP contribution < -0.4 is 5.32 Å². The van der Waals surface area contributed by atoms with Crippen molar-refractivity contribution in [3.8, 4) is 0 Å². The highest BCUT2D eigenvalue weighted by molar-refractivity contribution is 4.81. The van der Waals surface area contributed by atoms with E-state index in [1.165, 1.54) is 6.42 Å². The van der Waals surface area contributed by atoms with Crippen molar-refractivity contribution >= 4 is 0 Å². The molecule has 1 rings (SSSR count). The fraction of sp³-hybridized carbons (Fsp3) is 1.00. The molecule has 0 bridgehead atoms. The van der Waals surface area contributed by atoms with Crippen LogP contribution in [0, 0.1) is 17.3 Å². The van der Waals surface area contributed by atoms with Crippen LogP contribution >= 0.6 is 0 Å². The zero-order valence-corrected chi connectivity index (χ0v) is 11.0. The lowest BCUT2D eigenvalue weighted by molar-refractivity contribution is 0.0536. The van der Waals surface area contributed by atoms with Crippen molar-refractivity contribution in [1.82, 2.24) is 5.32 Å². The molecule has 1 aliphatic heterocycles. The average Bonchev–Trinajstić information content (AvgIpc) is 2.49.